The van der Waals surface area contributed by atoms with Crippen LogP contribution in [0.4, 0.5) is 5.69 Å². The summed E-state index contributed by atoms with van der Waals surface area (Å²) in [5.74, 6) is -0.471. The second-order valence-corrected chi connectivity index (χ2v) is 4.31. The fourth-order valence-corrected chi connectivity index (χ4v) is 1.53. The normalized spacial score (nSPS) is 11.7. The van der Waals surface area contributed by atoms with E-state index in [9.17, 15) is 9.59 Å². The van der Waals surface area contributed by atoms with Gasteiger partial charge in [-0.2, -0.15) is 0 Å². The third-order valence-corrected chi connectivity index (χ3v) is 2.74. The number of hydrogen-bond donors (Lipinski definition) is 3. The molecule has 0 spiro atoms. The Morgan fingerprint density at radius 2 is 1.95 bits per heavy atom. The van der Waals surface area contributed by atoms with Crippen LogP contribution in [0.5, 0.6) is 0 Å². The second-order valence-electron chi connectivity index (χ2n) is 4.31. The Kier molecular flexibility index (Phi) is 6.02. The lowest BCUT2D eigenvalue weighted by Crippen LogP contribution is -2.35. The van der Waals surface area contributed by atoms with Gasteiger partial charge < -0.3 is 16.4 Å². The van der Waals surface area contributed by atoms with Gasteiger partial charge in [0.1, 0.15) is 0 Å². The van der Waals surface area contributed by atoms with E-state index in [2.05, 4.69) is 10.6 Å². The number of anilines is 1. The highest BCUT2D eigenvalue weighted by molar-refractivity contribution is 6.04. The monoisotopic (exact) mass is 263 g/mol. The zero-order valence-corrected chi connectivity index (χ0v) is 11.4. The molecule has 0 fully saturated rings. The molecule has 1 aromatic carbocycles. The Bertz CT molecular complexity index is 446. The fourth-order valence-electron chi connectivity index (χ4n) is 1.53. The SMILES string of the molecule is CCCNC(=O)c1ccccc1NC(=O)[C@@H](N)CC. The van der Waals surface area contributed by atoms with Crippen molar-refractivity contribution in [2.24, 2.45) is 5.73 Å². The molecule has 1 rings (SSSR count). The van der Waals surface area contributed by atoms with Crippen molar-refractivity contribution in [3.05, 3.63) is 29.8 Å². The predicted octanol–water partition coefficient (Wildman–Crippen LogP) is 1.50. The smallest absolute Gasteiger partial charge is 0.253 e. The number of nitrogens with one attached hydrogen (secondary N) is 2. The molecule has 0 aliphatic heterocycles. The van der Waals surface area contributed by atoms with Crippen LogP contribution in [0.15, 0.2) is 24.3 Å². The van der Waals surface area contributed by atoms with Crippen molar-refractivity contribution in [2.75, 3.05) is 11.9 Å². The Morgan fingerprint density at radius 1 is 1.26 bits per heavy atom. The summed E-state index contributed by atoms with van der Waals surface area (Å²) in [6.45, 7) is 4.42. The van der Waals surface area contributed by atoms with Gasteiger partial charge in [-0.3, -0.25) is 9.59 Å². The Hall–Kier alpha value is -1.88. The van der Waals surface area contributed by atoms with Gasteiger partial charge in [0.15, 0.2) is 0 Å². The summed E-state index contributed by atoms with van der Waals surface area (Å²) in [6.07, 6.45) is 1.41. The number of carbonyl (C=O) groups excluding carboxylic acids is 2. The number of hydrogen-bond acceptors (Lipinski definition) is 3. The van der Waals surface area contributed by atoms with Crippen LogP contribution in [-0.2, 0) is 4.79 Å². The van der Waals surface area contributed by atoms with Crippen molar-refractivity contribution in [1.82, 2.24) is 5.32 Å². The summed E-state index contributed by atoms with van der Waals surface area (Å²) in [4.78, 5) is 23.7. The first-order valence-electron chi connectivity index (χ1n) is 6.53. The van der Waals surface area contributed by atoms with Gasteiger partial charge in [-0.05, 0) is 25.0 Å². The van der Waals surface area contributed by atoms with E-state index < -0.39 is 6.04 Å². The standard InChI is InChI=1S/C14H21N3O2/c1-3-9-16-13(18)10-7-5-6-8-12(10)17-14(19)11(15)4-2/h5-8,11H,3-4,9,15H2,1-2H3,(H,16,18)(H,17,19)/t11-/m0/s1. The molecule has 0 aliphatic carbocycles. The predicted molar refractivity (Wildman–Crippen MR) is 76.0 cm³/mol. The fraction of sp³-hybridized carbons (Fsp3) is 0.429. The zero-order valence-electron chi connectivity index (χ0n) is 11.4. The number of benzene rings is 1. The molecule has 104 valence electrons. The van der Waals surface area contributed by atoms with Crippen LogP contribution in [0.1, 0.15) is 37.0 Å². The van der Waals surface area contributed by atoms with Crippen LogP contribution < -0.4 is 16.4 Å². The summed E-state index contributed by atoms with van der Waals surface area (Å²) in [5, 5.41) is 5.48. The molecule has 19 heavy (non-hydrogen) atoms. The highest BCUT2D eigenvalue weighted by Crippen LogP contribution is 2.15. The van der Waals surface area contributed by atoms with Gasteiger partial charge in [0.25, 0.3) is 5.91 Å². The molecule has 2 amide bonds. The summed E-state index contributed by atoms with van der Waals surface area (Å²) in [6, 6.07) is 6.34. The molecule has 0 radical (unpaired) electrons. The Balaban J connectivity index is 2.84. The van der Waals surface area contributed by atoms with Gasteiger partial charge in [-0.25, -0.2) is 0 Å². The average molecular weight is 263 g/mol. The van der Waals surface area contributed by atoms with Crippen LogP contribution in [0.25, 0.3) is 0 Å². The van der Waals surface area contributed by atoms with Crippen LogP contribution in [0.3, 0.4) is 0 Å². The van der Waals surface area contributed by atoms with E-state index in [1.807, 2.05) is 13.8 Å². The van der Waals surface area contributed by atoms with Crippen LogP contribution >= 0.6 is 0 Å². The maximum atomic E-state index is 12.0. The molecule has 0 bridgehead atoms. The number of para-hydroxylation sites is 1. The van der Waals surface area contributed by atoms with Gasteiger partial charge >= 0.3 is 0 Å². The molecule has 1 atom stereocenters. The molecule has 5 nitrogen and oxygen atoms in total. The molecular weight excluding hydrogens is 242 g/mol. The molecule has 0 unspecified atom stereocenters. The van der Waals surface area contributed by atoms with Crippen molar-refractivity contribution in [1.29, 1.82) is 0 Å². The van der Waals surface area contributed by atoms with E-state index in [1.165, 1.54) is 0 Å². The first kappa shape index (κ1) is 15.2. The van der Waals surface area contributed by atoms with E-state index in [-0.39, 0.29) is 11.8 Å². The van der Waals surface area contributed by atoms with Gasteiger partial charge in [-0.1, -0.05) is 26.0 Å². The minimum absolute atomic E-state index is 0.192. The molecule has 0 aromatic heterocycles. The van der Waals surface area contributed by atoms with Crippen molar-refractivity contribution >= 4 is 17.5 Å². The maximum absolute atomic E-state index is 12.0. The van der Waals surface area contributed by atoms with Crippen LogP contribution in [-0.4, -0.2) is 24.4 Å². The highest BCUT2D eigenvalue weighted by atomic mass is 16.2. The summed E-state index contributed by atoms with van der Waals surface area (Å²) >= 11 is 0. The topological polar surface area (TPSA) is 84.2 Å². The van der Waals surface area contributed by atoms with Crippen LogP contribution in [0.2, 0.25) is 0 Å². The average Bonchev–Trinajstić information content (AvgIpc) is 2.44. The van der Waals surface area contributed by atoms with Gasteiger partial charge in [0.2, 0.25) is 5.91 Å². The molecule has 0 heterocycles. The molecule has 4 N–H and O–H groups in total. The lowest BCUT2D eigenvalue weighted by Gasteiger charge is -2.13. The van der Waals surface area contributed by atoms with E-state index >= 15 is 0 Å². The zero-order chi connectivity index (χ0) is 14.3. The number of carbonyl (C=O) groups is 2. The molecule has 5 heteroatoms. The number of rotatable bonds is 6. The number of amides is 2. The minimum atomic E-state index is -0.563. The first-order valence-corrected chi connectivity index (χ1v) is 6.53. The van der Waals surface area contributed by atoms with Gasteiger partial charge in [-0.15, -0.1) is 0 Å². The van der Waals surface area contributed by atoms with Crippen molar-refractivity contribution in [2.45, 2.75) is 32.7 Å². The molecule has 0 aliphatic rings. The Labute approximate surface area is 113 Å². The quantitative estimate of drug-likeness (QED) is 0.727. The lowest BCUT2D eigenvalue weighted by molar-refractivity contribution is -0.117. The Morgan fingerprint density at radius 3 is 2.58 bits per heavy atom. The van der Waals surface area contributed by atoms with E-state index in [4.69, 9.17) is 5.73 Å². The van der Waals surface area contributed by atoms with Crippen molar-refractivity contribution in [3.63, 3.8) is 0 Å². The van der Waals surface area contributed by atoms with Gasteiger partial charge in [0.05, 0.1) is 17.3 Å². The van der Waals surface area contributed by atoms with Crippen molar-refractivity contribution < 1.29 is 9.59 Å². The van der Waals surface area contributed by atoms with Gasteiger partial charge in [0, 0.05) is 6.54 Å². The molecule has 0 saturated carbocycles. The maximum Gasteiger partial charge on any atom is 0.253 e. The van der Waals surface area contributed by atoms with Crippen molar-refractivity contribution in [3.8, 4) is 0 Å². The number of nitrogens with two attached hydrogens (primary N) is 1. The minimum Gasteiger partial charge on any atom is -0.352 e. The summed E-state index contributed by atoms with van der Waals surface area (Å²) < 4.78 is 0. The summed E-state index contributed by atoms with van der Waals surface area (Å²) in [5.41, 5.74) is 6.60. The lowest BCUT2D eigenvalue weighted by atomic mass is 10.1. The molecular formula is C14H21N3O2. The highest BCUT2D eigenvalue weighted by Gasteiger charge is 2.15. The van der Waals surface area contributed by atoms with Crippen LogP contribution in [0, 0.1) is 0 Å². The van der Waals surface area contributed by atoms with E-state index in [0.29, 0.717) is 24.2 Å². The van der Waals surface area contributed by atoms with E-state index in [1.54, 1.807) is 24.3 Å². The third kappa shape index (κ3) is 4.37. The molecule has 0 saturated heterocycles. The summed E-state index contributed by atoms with van der Waals surface area (Å²) in [7, 11) is 0. The largest absolute Gasteiger partial charge is 0.352 e. The second kappa shape index (κ2) is 7.53. The first-order chi connectivity index (χ1) is 9.10. The molecule has 1 aromatic rings. The van der Waals surface area contributed by atoms with E-state index in [0.717, 1.165) is 6.42 Å². The third-order valence-electron chi connectivity index (χ3n) is 2.74.